The Bertz CT molecular complexity index is 418. The van der Waals surface area contributed by atoms with Crippen molar-refractivity contribution in [1.82, 2.24) is 5.32 Å². The van der Waals surface area contributed by atoms with Crippen LogP contribution in [0.15, 0.2) is 24.3 Å². The molecule has 0 bridgehead atoms. The molecular formula is C19H31NO. The Hall–Kier alpha value is -1.02. The van der Waals surface area contributed by atoms with Crippen molar-refractivity contribution >= 4 is 0 Å². The van der Waals surface area contributed by atoms with Crippen LogP contribution in [0, 0.1) is 5.92 Å². The molecule has 1 saturated carbocycles. The first-order chi connectivity index (χ1) is 10.2. The zero-order valence-electron chi connectivity index (χ0n) is 13.9. The SMILES string of the molecule is CCCC1CCCC(N[C@@H](C)c2ccccc2OC)CC1. The predicted molar refractivity (Wildman–Crippen MR) is 89.8 cm³/mol. The largest absolute Gasteiger partial charge is 0.496 e. The monoisotopic (exact) mass is 289 g/mol. The van der Waals surface area contributed by atoms with E-state index in [0.29, 0.717) is 12.1 Å². The topological polar surface area (TPSA) is 21.3 Å². The Balaban J connectivity index is 1.91. The van der Waals surface area contributed by atoms with E-state index in [1.807, 2.05) is 6.07 Å². The highest BCUT2D eigenvalue weighted by atomic mass is 16.5. The first kappa shape index (κ1) is 16.4. The summed E-state index contributed by atoms with van der Waals surface area (Å²) in [6.45, 7) is 4.57. The van der Waals surface area contributed by atoms with Crippen LogP contribution >= 0.6 is 0 Å². The van der Waals surface area contributed by atoms with Crippen LogP contribution in [-0.4, -0.2) is 13.2 Å². The molecule has 118 valence electrons. The lowest BCUT2D eigenvalue weighted by Crippen LogP contribution is -2.31. The molecule has 1 aliphatic rings. The number of para-hydroxylation sites is 1. The minimum absolute atomic E-state index is 0.355. The highest BCUT2D eigenvalue weighted by molar-refractivity contribution is 5.35. The Kier molecular flexibility index (Phi) is 6.56. The average molecular weight is 289 g/mol. The van der Waals surface area contributed by atoms with E-state index in [-0.39, 0.29) is 0 Å². The van der Waals surface area contributed by atoms with Crippen LogP contribution in [0.3, 0.4) is 0 Å². The molecule has 1 N–H and O–H groups in total. The van der Waals surface area contributed by atoms with E-state index in [0.717, 1.165) is 11.7 Å². The number of nitrogens with one attached hydrogen (secondary N) is 1. The van der Waals surface area contributed by atoms with Crippen LogP contribution in [-0.2, 0) is 0 Å². The van der Waals surface area contributed by atoms with Crippen molar-refractivity contribution in [1.29, 1.82) is 0 Å². The van der Waals surface area contributed by atoms with Gasteiger partial charge in [0.2, 0.25) is 0 Å². The molecule has 0 radical (unpaired) electrons. The van der Waals surface area contributed by atoms with Crippen molar-refractivity contribution in [3.63, 3.8) is 0 Å². The van der Waals surface area contributed by atoms with E-state index in [4.69, 9.17) is 4.74 Å². The molecular weight excluding hydrogens is 258 g/mol. The molecule has 1 aromatic rings. The molecule has 2 rings (SSSR count). The normalized spacial score (nSPS) is 24.3. The van der Waals surface area contributed by atoms with Crippen LogP contribution in [0.2, 0.25) is 0 Å². The number of benzene rings is 1. The van der Waals surface area contributed by atoms with Gasteiger partial charge in [-0.3, -0.25) is 0 Å². The average Bonchev–Trinajstić information content (AvgIpc) is 2.73. The molecule has 1 aromatic carbocycles. The Morgan fingerprint density at radius 1 is 1.19 bits per heavy atom. The maximum absolute atomic E-state index is 5.49. The molecule has 0 spiro atoms. The van der Waals surface area contributed by atoms with Gasteiger partial charge in [0.1, 0.15) is 5.75 Å². The van der Waals surface area contributed by atoms with Crippen molar-refractivity contribution < 1.29 is 4.74 Å². The summed E-state index contributed by atoms with van der Waals surface area (Å²) in [5.41, 5.74) is 1.27. The molecule has 2 heteroatoms. The minimum Gasteiger partial charge on any atom is -0.496 e. The standard InChI is InChI=1S/C19H31NO/c1-4-8-16-9-7-10-17(14-13-16)20-15(2)18-11-5-6-12-19(18)21-3/h5-6,11-12,15-17,20H,4,7-10,13-14H2,1-3H3/t15-,16?,17?/m0/s1. The number of methoxy groups -OCH3 is 1. The third-order valence-corrected chi connectivity index (χ3v) is 4.88. The summed E-state index contributed by atoms with van der Waals surface area (Å²) in [7, 11) is 1.76. The molecule has 0 amide bonds. The fourth-order valence-electron chi connectivity index (χ4n) is 3.71. The van der Waals surface area contributed by atoms with Crippen molar-refractivity contribution in [3.8, 4) is 5.75 Å². The summed E-state index contributed by atoms with van der Waals surface area (Å²) in [6.07, 6.45) is 9.58. The summed E-state index contributed by atoms with van der Waals surface area (Å²) >= 11 is 0. The number of hydrogen-bond donors (Lipinski definition) is 1. The summed E-state index contributed by atoms with van der Waals surface area (Å²) in [6, 6.07) is 9.38. The Morgan fingerprint density at radius 2 is 2.00 bits per heavy atom. The number of ether oxygens (including phenoxy) is 1. The van der Waals surface area contributed by atoms with Crippen molar-refractivity contribution in [2.24, 2.45) is 5.92 Å². The fraction of sp³-hybridized carbons (Fsp3) is 0.684. The van der Waals surface area contributed by atoms with Gasteiger partial charge in [0.05, 0.1) is 7.11 Å². The van der Waals surface area contributed by atoms with Gasteiger partial charge >= 0.3 is 0 Å². The van der Waals surface area contributed by atoms with Gasteiger partial charge in [0.25, 0.3) is 0 Å². The second-order valence-electron chi connectivity index (χ2n) is 6.49. The van der Waals surface area contributed by atoms with Gasteiger partial charge < -0.3 is 10.1 Å². The van der Waals surface area contributed by atoms with Gasteiger partial charge in [-0.15, -0.1) is 0 Å². The van der Waals surface area contributed by atoms with E-state index in [1.54, 1.807) is 7.11 Å². The molecule has 1 fully saturated rings. The zero-order chi connectivity index (χ0) is 15.1. The second-order valence-corrected chi connectivity index (χ2v) is 6.49. The lowest BCUT2D eigenvalue weighted by atomic mass is 9.95. The molecule has 21 heavy (non-hydrogen) atoms. The molecule has 0 heterocycles. The van der Waals surface area contributed by atoms with Crippen molar-refractivity contribution in [2.75, 3.05) is 7.11 Å². The number of hydrogen-bond acceptors (Lipinski definition) is 2. The fourth-order valence-corrected chi connectivity index (χ4v) is 3.71. The van der Waals surface area contributed by atoms with Crippen LogP contribution in [0.25, 0.3) is 0 Å². The van der Waals surface area contributed by atoms with Crippen LogP contribution in [0.4, 0.5) is 0 Å². The maximum atomic E-state index is 5.49. The third-order valence-electron chi connectivity index (χ3n) is 4.88. The third kappa shape index (κ3) is 4.74. The van der Waals surface area contributed by atoms with Gasteiger partial charge in [-0.05, 0) is 38.2 Å². The van der Waals surface area contributed by atoms with Gasteiger partial charge in [-0.2, -0.15) is 0 Å². The zero-order valence-corrected chi connectivity index (χ0v) is 13.9. The Labute approximate surface area is 130 Å². The highest BCUT2D eigenvalue weighted by Gasteiger charge is 2.21. The van der Waals surface area contributed by atoms with Crippen LogP contribution in [0.5, 0.6) is 5.75 Å². The smallest absolute Gasteiger partial charge is 0.123 e. The molecule has 0 aromatic heterocycles. The summed E-state index contributed by atoms with van der Waals surface area (Å²) in [5.74, 6) is 1.96. The van der Waals surface area contributed by atoms with E-state index < -0.39 is 0 Å². The first-order valence-corrected chi connectivity index (χ1v) is 8.63. The van der Waals surface area contributed by atoms with Gasteiger partial charge in [0.15, 0.2) is 0 Å². The van der Waals surface area contributed by atoms with E-state index >= 15 is 0 Å². The van der Waals surface area contributed by atoms with E-state index in [2.05, 4.69) is 37.4 Å². The predicted octanol–water partition coefficient (Wildman–Crippen LogP) is 5.09. The lowest BCUT2D eigenvalue weighted by Gasteiger charge is -2.24. The number of rotatable bonds is 6. The molecule has 1 aliphatic carbocycles. The molecule has 3 atom stereocenters. The minimum atomic E-state index is 0.355. The summed E-state index contributed by atoms with van der Waals surface area (Å²) in [4.78, 5) is 0. The molecule has 0 saturated heterocycles. The molecule has 2 unspecified atom stereocenters. The molecule has 0 aliphatic heterocycles. The van der Waals surface area contributed by atoms with Crippen LogP contribution in [0.1, 0.15) is 70.4 Å². The van der Waals surface area contributed by atoms with Gasteiger partial charge in [0, 0.05) is 17.6 Å². The lowest BCUT2D eigenvalue weighted by molar-refractivity contribution is 0.375. The summed E-state index contributed by atoms with van der Waals surface area (Å²) in [5, 5.41) is 3.83. The van der Waals surface area contributed by atoms with Gasteiger partial charge in [-0.25, -0.2) is 0 Å². The second kappa shape index (κ2) is 8.43. The van der Waals surface area contributed by atoms with E-state index in [9.17, 15) is 0 Å². The van der Waals surface area contributed by atoms with Crippen molar-refractivity contribution in [2.45, 2.75) is 70.9 Å². The quantitative estimate of drug-likeness (QED) is 0.736. The Morgan fingerprint density at radius 3 is 2.76 bits per heavy atom. The maximum Gasteiger partial charge on any atom is 0.123 e. The van der Waals surface area contributed by atoms with Crippen molar-refractivity contribution in [3.05, 3.63) is 29.8 Å². The molecule has 2 nitrogen and oxygen atoms in total. The van der Waals surface area contributed by atoms with Crippen LogP contribution < -0.4 is 10.1 Å². The highest BCUT2D eigenvalue weighted by Crippen LogP contribution is 2.29. The van der Waals surface area contributed by atoms with Gasteiger partial charge in [-0.1, -0.05) is 50.8 Å². The summed E-state index contributed by atoms with van der Waals surface area (Å²) < 4.78 is 5.49. The van der Waals surface area contributed by atoms with E-state index in [1.165, 1.54) is 50.5 Å². The first-order valence-electron chi connectivity index (χ1n) is 8.63.